The predicted octanol–water partition coefficient (Wildman–Crippen LogP) is 3.10. The second kappa shape index (κ2) is 7.26. The number of hydrogen-bond donors (Lipinski definition) is 2. The van der Waals surface area contributed by atoms with Gasteiger partial charge < -0.3 is 10.6 Å². The number of halogens is 3. The first kappa shape index (κ1) is 17.7. The summed E-state index contributed by atoms with van der Waals surface area (Å²) in [5.41, 5.74) is 0.100. The van der Waals surface area contributed by atoms with Gasteiger partial charge in [-0.15, -0.1) is 22.7 Å². The van der Waals surface area contributed by atoms with Gasteiger partial charge in [-0.2, -0.15) is 13.2 Å². The molecule has 2 rings (SSSR count). The normalized spacial score (nSPS) is 12.5. The molecule has 0 saturated carbocycles. The molecule has 10 heteroatoms. The van der Waals surface area contributed by atoms with Crippen LogP contribution in [0.15, 0.2) is 10.4 Å². The van der Waals surface area contributed by atoms with Gasteiger partial charge in [0.05, 0.1) is 23.8 Å². The maximum Gasteiger partial charge on any atom is 0.434 e. The molecule has 0 saturated heterocycles. The van der Waals surface area contributed by atoms with Gasteiger partial charge in [0.15, 0.2) is 11.7 Å². The molecule has 0 radical (unpaired) electrons. The van der Waals surface area contributed by atoms with Crippen molar-refractivity contribution in [3.8, 4) is 0 Å². The van der Waals surface area contributed by atoms with E-state index in [1.54, 1.807) is 18.4 Å². The van der Waals surface area contributed by atoms with E-state index in [0.717, 1.165) is 32.3 Å². The average Bonchev–Trinajstić information content (AvgIpc) is 3.05. The Bertz CT molecular complexity index is 690. The van der Waals surface area contributed by atoms with Crippen LogP contribution in [0.25, 0.3) is 0 Å². The molecule has 0 fully saturated rings. The Labute approximate surface area is 139 Å². The van der Waals surface area contributed by atoms with Gasteiger partial charge >= 0.3 is 6.18 Å². The zero-order chi connectivity index (χ0) is 17.0. The van der Waals surface area contributed by atoms with Crippen LogP contribution in [0.5, 0.6) is 0 Å². The van der Waals surface area contributed by atoms with Crippen LogP contribution in [0.4, 0.5) is 13.2 Å². The summed E-state index contributed by atoms with van der Waals surface area (Å²) < 4.78 is 37.5. The molecule has 0 aliphatic rings. The summed E-state index contributed by atoms with van der Waals surface area (Å²) in [6, 6.07) is 0. The van der Waals surface area contributed by atoms with Crippen molar-refractivity contribution in [3.05, 3.63) is 31.7 Å². The summed E-state index contributed by atoms with van der Waals surface area (Å²) in [4.78, 5) is 13.0. The summed E-state index contributed by atoms with van der Waals surface area (Å²) in [7, 11) is 1.60. The van der Waals surface area contributed by atoms with Crippen molar-refractivity contribution >= 4 is 28.6 Å². The van der Waals surface area contributed by atoms with Crippen molar-refractivity contribution in [2.24, 2.45) is 4.99 Å². The summed E-state index contributed by atoms with van der Waals surface area (Å²) >= 11 is 2.56. The van der Waals surface area contributed by atoms with Crippen LogP contribution in [0, 0.1) is 13.8 Å². The molecule has 0 bridgehead atoms. The largest absolute Gasteiger partial charge is 0.434 e. The molecule has 2 N–H and O–H groups in total. The minimum Gasteiger partial charge on any atom is -0.351 e. The predicted molar refractivity (Wildman–Crippen MR) is 85.7 cm³/mol. The van der Waals surface area contributed by atoms with Gasteiger partial charge in [-0.05, 0) is 13.8 Å². The SMILES string of the molecule is CN=C(NCc1nc(C(F)(F)F)cs1)NCc1sc(C)nc1C. The summed E-state index contributed by atoms with van der Waals surface area (Å²) in [5, 5.41) is 8.41. The fraction of sp³-hybridized carbons (Fsp3) is 0.462. The standard InChI is InChI=1S/C13H16F3N5S2/c1-7-9(23-8(2)20-7)4-18-12(17-3)19-5-11-21-10(6-22-11)13(14,15)16/h6H,4-5H2,1-3H3,(H2,17,18,19). The third kappa shape index (κ3) is 4.90. The zero-order valence-electron chi connectivity index (χ0n) is 12.8. The first-order valence-corrected chi connectivity index (χ1v) is 8.38. The van der Waals surface area contributed by atoms with Gasteiger partial charge in [-0.25, -0.2) is 9.97 Å². The maximum absolute atomic E-state index is 12.5. The number of nitrogens with one attached hydrogen (secondary N) is 2. The lowest BCUT2D eigenvalue weighted by Gasteiger charge is -2.10. The van der Waals surface area contributed by atoms with Crippen molar-refractivity contribution < 1.29 is 13.2 Å². The number of thiazole rings is 2. The van der Waals surface area contributed by atoms with Gasteiger partial charge in [-0.1, -0.05) is 0 Å². The van der Waals surface area contributed by atoms with E-state index in [1.807, 2.05) is 13.8 Å². The Hall–Kier alpha value is -1.68. The highest BCUT2D eigenvalue weighted by Gasteiger charge is 2.33. The van der Waals surface area contributed by atoms with E-state index in [1.165, 1.54) is 0 Å². The summed E-state index contributed by atoms with van der Waals surface area (Å²) in [5.74, 6) is 0.499. The minimum atomic E-state index is -4.41. The Kier molecular flexibility index (Phi) is 5.58. The van der Waals surface area contributed by atoms with Crippen LogP contribution in [-0.4, -0.2) is 23.0 Å². The molecule has 2 aromatic heterocycles. The Morgan fingerprint density at radius 1 is 1.22 bits per heavy atom. The van der Waals surface area contributed by atoms with Crippen molar-refractivity contribution in [1.29, 1.82) is 0 Å². The minimum absolute atomic E-state index is 0.182. The number of rotatable bonds is 4. The molecule has 23 heavy (non-hydrogen) atoms. The van der Waals surface area contributed by atoms with E-state index < -0.39 is 11.9 Å². The van der Waals surface area contributed by atoms with Crippen molar-refractivity contribution in [1.82, 2.24) is 20.6 Å². The second-order valence-electron chi connectivity index (χ2n) is 4.65. The van der Waals surface area contributed by atoms with E-state index in [4.69, 9.17) is 0 Å². The lowest BCUT2D eigenvalue weighted by atomic mass is 10.4. The molecule has 2 heterocycles. The molecule has 0 amide bonds. The monoisotopic (exact) mass is 363 g/mol. The fourth-order valence-electron chi connectivity index (χ4n) is 1.80. The molecule has 126 valence electrons. The molecule has 0 aliphatic heterocycles. The molecule has 0 aromatic carbocycles. The summed E-state index contributed by atoms with van der Waals surface area (Å²) in [6.07, 6.45) is -4.41. The van der Waals surface area contributed by atoms with E-state index in [2.05, 4.69) is 25.6 Å². The molecule has 2 aromatic rings. The molecule has 0 aliphatic carbocycles. The fourth-order valence-corrected chi connectivity index (χ4v) is 3.42. The highest BCUT2D eigenvalue weighted by atomic mass is 32.1. The first-order valence-electron chi connectivity index (χ1n) is 6.68. The molecule has 0 unspecified atom stereocenters. The van der Waals surface area contributed by atoms with E-state index in [-0.39, 0.29) is 6.54 Å². The van der Waals surface area contributed by atoms with E-state index >= 15 is 0 Å². The summed E-state index contributed by atoms with van der Waals surface area (Å²) in [6.45, 7) is 4.61. The smallest absolute Gasteiger partial charge is 0.351 e. The van der Waals surface area contributed by atoms with Crippen molar-refractivity contribution in [3.63, 3.8) is 0 Å². The van der Waals surface area contributed by atoms with Crippen LogP contribution in [0.3, 0.4) is 0 Å². The molecular formula is C13H16F3N5S2. The Balaban J connectivity index is 1.88. The van der Waals surface area contributed by atoms with Gasteiger partial charge in [0.25, 0.3) is 0 Å². The quantitative estimate of drug-likeness (QED) is 0.647. The number of nitrogens with zero attached hydrogens (tertiary/aromatic N) is 3. The number of aryl methyl sites for hydroxylation is 2. The van der Waals surface area contributed by atoms with Crippen LogP contribution in [0.1, 0.15) is 26.3 Å². The number of guanidine groups is 1. The third-order valence-electron chi connectivity index (χ3n) is 2.89. The number of hydrogen-bond acceptors (Lipinski definition) is 5. The van der Waals surface area contributed by atoms with E-state index in [9.17, 15) is 13.2 Å². The van der Waals surface area contributed by atoms with E-state index in [0.29, 0.717) is 17.5 Å². The number of aliphatic imine (C=N–C) groups is 1. The average molecular weight is 363 g/mol. The highest BCUT2D eigenvalue weighted by Crippen LogP contribution is 2.29. The van der Waals surface area contributed by atoms with Crippen LogP contribution in [0.2, 0.25) is 0 Å². The molecular weight excluding hydrogens is 347 g/mol. The zero-order valence-corrected chi connectivity index (χ0v) is 14.4. The van der Waals surface area contributed by atoms with Crippen LogP contribution < -0.4 is 10.6 Å². The van der Waals surface area contributed by atoms with Gasteiger partial charge in [0.2, 0.25) is 0 Å². The molecule has 0 atom stereocenters. The van der Waals surface area contributed by atoms with Crippen molar-refractivity contribution in [2.45, 2.75) is 33.1 Å². The highest BCUT2D eigenvalue weighted by molar-refractivity contribution is 7.11. The van der Waals surface area contributed by atoms with Gasteiger partial charge in [0, 0.05) is 17.3 Å². The van der Waals surface area contributed by atoms with Gasteiger partial charge in [0.1, 0.15) is 5.01 Å². The van der Waals surface area contributed by atoms with Crippen LogP contribution >= 0.6 is 22.7 Å². The Morgan fingerprint density at radius 2 is 1.91 bits per heavy atom. The Morgan fingerprint density at radius 3 is 2.43 bits per heavy atom. The lowest BCUT2D eigenvalue weighted by molar-refractivity contribution is -0.140. The number of aromatic nitrogens is 2. The maximum atomic E-state index is 12.5. The topological polar surface area (TPSA) is 62.2 Å². The number of alkyl halides is 3. The van der Waals surface area contributed by atoms with Gasteiger partial charge in [-0.3, -0.25) is 4.99 Å². The van der Waals surface area contributed by atoms with Crippen molar-refractivity contribution in [2.75, 3.05) is 7.05 Å². The first-order chi connectivity index (χ1) is 10.8. The lowest BCUT2D eigenvalue weighted by Crippen LogP contribution is -2.36. The second-order valence-corrected chi connectivity index (χ2v) is 6.88. The molecule has 5 nitrogen and oxygen atoms in total. The third-order valence-corrected chi connectivity index (χ3v) is 4.81. The van der Waals surface area contributed by atoms with Crippen LogP contribution in [-0.2, 0) is 19.3 Å². The molecule has 0 spiro atoms.